The summed E-state index contributed by atoms with van der Waals surface area (Å²) in [5.41, 5.74) is 2.25. The second-order valence-corrected chi connectivity index (χ2v) is 4.98. The highest BCUT2D eigenvalue weighted by atomic mass is 16.5. The summed E-state index contributed by atoms with van der Waals surface area (Å²) in [6, 6.07) is 18.3. The zero-order chi connectivity index (χ0) is 14.7. The minimum atomic E-state index is 0.867. The van der Waals surface area contributed by atoms with Crippen molar-refractivity contribution in [2.45, 2.75) is 6.42 Å². The summed E-state index contributed by atoms with van der Waals surface area (Å²) in [7, 11) is 3.73. The van der Waals surface area contributed by atoms with Crippen LogP contribution in [0.15, 0.2) is 59.7 Å². The summed E-state index contributed by atoms with van der Waals surface area (Å²) in [5, 5.41) is 6.77. The number of amidine groups is 1. The van der Waals surface area contributed by atoms with Gasteiger partial charge >= 0.3 is 0 Å². The maximum absolute atomic E-state index is 5.19. The first-order valence-corrected chi connectivity index (χ1v) is 7.06. The van der Waals surface area contributed by atoms with Gasteiger partial charge in [-0.1, -0.05) is 18.2 Å². The molecule has 0 saturated carbocycles. The number of hydrogen-bond donors (Lipinski definition) is 0. The van der Waals surface area contributed by atoms with Gasteiger partial charge in [0.2, 0.25) is 0 Å². The van der Waals surface area contributed by atoms with Crippen LogP contribution in [0, 0.1) is 0 Å². The van der Waals surface area contributed by atoms with Gasteiger partial charge in [0.1, 0.15) is 11.6 Å². The van der Waals surface area contributed by atoms with E-state index in [1.807, 2.05) is 42.5 Å². The number of anilines is 2. The second-order valence-electron chi connectivity index (χ2n) is 4.98. The Hall–Kier alpha value is -2.49. The highest BCUT2D eigenvalue weighted by molar-refractivity contribution is 5.99. The molecule has 1 aliphatic heterocycles. The van der Waals surface area contributed by atoms with Crippen LogP contribution < -0.4 is 14.6 Å². The van der Waals surface area contributed by atoms with Gasteiger partial charge < -0.3 is 9.64 Å². The molecule has 2 aromatic carbocycles. The fraction of sp³-hybridized carbons (Fsp3) is 0.235. The van der Waals surface area contributed by atoms with Gasteiger partial charge in [0.25, 0.3) is 0 Å². The van der Waals surface area contributed by atoms with Crippen molar-refractivity contribution in [2.75, 3.05) is 30.6 Å². The SMILES string of the molecule is COc1ccc(N(C)C2=NN(c3ccccc3)CC2)cc1. The molecular formula is C17H19N3O. The molecule has 4 nitrogen and oxygen atoms in total. The van der Waals surface area contributed by atoms with Crippen molar-refractivity contribution in [3.8, 4) is 5.75 Å². The third-order valence-electron chi connectivity index (χ3n) is 3.68. The number of methoxy groups -OCH3 is 1. The summed E-state index contributed by atoms with van der Waals surface area (Å²) in [6.45, 7) is 0.917. The molecular weight excluding hydrogens is 262 g/mol. The van der Waals surface area contributed by atoms with E-state index in [9.17, 15) is 0 Å². The quantitative estimate of drug-likeness (QED) is 0.863. The molecule has 0 fully saturated rings. The van der Waals surface area contributed by atoms with E-state index >= 15 is 0 Å². The van der Waals surface area contributed by atoms with Gasteiger partial charge in [0.15, 0.2) is 0 Å². The summed E-state index contributed by atoms with van der Waals surface area (Å²) in [6.07, 6.45) is 0.942. The minimum absolute atomic E-state index is 0.867. The number of nitrogens with zero attached hydrogens (tertiary/aromatic N) is 3. The Morgan fingerprint density at radius 3 is 2.43 bits per heavy atom. The molecule has 108 valence electrons. The van der Waals surface area contributed by atoms with E-state index in [-0.39, 0.29) is 0 Å². The predicted molar refractivity (Wildman–Crippen MR) is 87.2 cm³/mol. The summed E-state index contributed by atoms with van der Waals surface area (Å²) < 4.78 is 5.19. The highest BCUT2D eigenvalue weighted by Crippen LogP contribution is 2.23. The van der Waals surface area contributed by atoms with E-state index in [0.717, 1.165) is 35.9 Å². The van der Waals surface area contributed by atoms with Gasteiger partial charge in [0.05, 0.1) is 12.8 Å². The number of benzene rings is 2. The molecule has 3 rings (SSSR count). The van der Waals surface area contributed by atoms with Gasteiger partial charge in [-0.2, -0.15) is 5.10 Å². The average Bonchev–Trinajstić information content (AvgIpc) is 3.05. The Morgan fingerprint density at radius 2 is 1.76 bits per heavy atom. The lowest BCUT2D eigenvalue weighted by Gasteiger charge is -2.18. The van der Waals surface area contributed by atoms with Crippen LogP contribution in [-0.2, 0) is 0 Å². The van der Waals surface area contributed by atoms with Crippen LogP contribution in [0.4, 0.5) is 11.4 Å². The largest absolute Gasteiger partial charge is 0.497 e. The first-order chi connectivity index (χ1) is 10.3. The van der Waals surface area contributed by atoms with E-state index < -0.39 is 0 Å². The van der Waals surface area contributed by atoms with Crippen molar-refractivity contribution < 1.29 is 4.74 Å². The molecule has 4 heteroatoms. The van der Waals surface area contributed by atoms with Crippen LogP contribution in [0.5, 0.6) is 5.75 Å². The Labute approximate surface area is 125 Å². The van der Waals surface area contributed by atoms with Gasteiger partial charge in [-0.15, -0.1) is 0 Å². The molecule has 21 heavy (non-hydrogen) atoms. The first-order valence-electron chi connectivity index (χ1n) is 7.06. The molecule has 0 atom stereocenters. The molecule has 2 aromatic rings. The Kier molecular flexibility index (Phi) is 3.77. The van der Waals surface area contributed by atoms with Crippen molar-refractivity contribution in [2.24, 2.45) is 5.10 Å². The minimum Gasteiger partial charge on any atom is -0.497 e. The van der Waals surface area contributed by atoms with Crippen molar-refractivity contribution in [1.29, 1.82) is 0 Å². The predicted octanol–water partition coefficient (Wildman–Crippen LogP) is 3.36. The molecule has 0 N–H and O–H groups in total. The molecule has 0 aliphatic carbocycles. The molecule has 0 amide bonds. The third-order valence-corrected chi connectivity index (χ3v) is 3.68. The molecule has 0 saturated heterocycles. The van der Waals surface area contributed by atoms with Crippen LogP contribution in [0.2, 0.25) is 0 Å². The van der Waals surface area contributed by atoms with Crippen molar-refractivity contribution in [3.63, 3.8) is 0 Å². The van der Waals surface area contributed by atoms with Crippen LogP contribution in [-0.4, -0.2) is 26.5 Å². The molecule has 1 heterocycles. The highest BCUT2D eigenvalue weighted by Gasteiger charge is 2.19. The zero-order valence-corrected chi connectivity index (χ0v) is 12.4. The Morgan fingerprint density at radius 1 is 1.05 bits per heavy atom. The number of ether oxygens (including phenoxy) is 1. The molecule has 1 aliphatic rings. The lowest BCUT2D eigenvalue weighted by atomic mass is 10.2. The number of rotatable bonds is 3. The molecule has 0 radical (unpaired) electrons. The fourth-order valence-electron chi connectivity index (χ4n) is 2.42. The van der Waals surface area contributed by atoms with Gasteiger partial charge in [-0.3, -0.25) is 5.01 Å². The van der Waals surface area contributed by atoms with E-state index in [2.05, 4.69) is 29.1 Å². The monoisotopic (exact) mass is 281 g/mol. The molecule has 0 unspecified atom stereocenters. The lowest BCUT2D eigenvalue weighted by Crippen LogP contribution is -2.24. The van der Waals surface area contributed by atoms with Crippen LogP contribution in [0.25, 0.3) is 0 Å². The standard InChI is InChI=1S/C17H19N3O/c1-19(14-8-10-16(21-2)11-9-14)17-12-13-20(18-17)15-6-4-3-5-7-15/h3-11H,12-13H2,1-2H3. The first kappa shape index (κ1) is 13.5. The van der Waals surface area contributed by atoms with Crippen LogP contribution in [0.3, 0.4) is 0 Å². The third kappa shape index (κ3) is 2.84. The van der Waals surface area contributed by atoms with Gasteiger partial charge in [-0.25, -0.2) is 0 Å². The topological polar surface area (TPSA) is 28.1 Å². The normalized spacial score (nSPS) is 14.0. The molecule has 0 aromatic heterocycles. The summed E-state index contributed by atoms with van der Waals surface area (Å²) >= 11 is 0. The zero-order valence-electron chi connectivity index (χ0n) is 12.4. The van der Waals surface area contributed by atoms with E-state index in [1.165, 1.54) is 0 Å². The van der Waals surface area contributed by atoms with Crippen LogP contribution in [0.1, 0.15) is 6.42 Å². The van der Waals surface area contributed by atoms with Crippen molar-refractivity contribution in [1.82, 2.24) is 0 Å². The summed E-state index contributed by atoms with van der Waals surface area (Å²) in [4.78, 5) is 2.13. The number of para-hydroxylation sites is 1. The van der Waals surface area contributed by atoms with Gasteiger partial charge in [-0.05, 0) is 36.4 Å². The smallest absolute Gasteiger partial charge is 0.131 e. The molecule has 0 spiro atoms. The van der Waals surface area contributed by atoms with Crippen LogP contribution >= 0.6 is 0 Å². The van der Waals surface area contributed by atoms with Crippen molar-refractivity contribution >= 4 is 17.2 Å². The van der Waals surface area contributed by atoms with Gasteiger partial charge in [0, 0.05) is 25.7 Å². The number of hydrogen-bond acceptors (Lipinski definition) is 4. The fourth-order valence-corrected chi connectivity index (χ4v) is 2.42. The lowest BCUT2D eigenvalue weighted by molar-refractivity contribution is 0.415. The second kappa shape index (κ2) is 5.87. The van der Waals surface area contributed by atoms with E-state index in [4.69, 9.17) is 9.84 Å². The molecule has 0 bridgehead atoms. The maximum Gasteiger partial charge on any atom is 0.131 e. The summed E-state index contributed by atoms with van der Waals surface area (Å²) in [5.74, 6) is 1.94. The number of hydrazone groups is 1. The van der Waals surface area contributed by atoms with E-state index in [1.54, 1.807) is 7.11 Å². The Balaban J connectivity index is 1.77. The Bertz CT molecular complexity index is 622. The maximum atomic E-state index is 5.19. The average molecular weight is 281 g/mol. The van der Waals surface area contributed by atoms with Crippen molar-refractivity contribution in [3.05, 3.63) is 54.6 Å². The van der Waals surface area contributed by atoms with E-state index in [0.29, 0.717) is 0 Å².